The highest BCUT2D eigenvalue weighted by atomic mass is 16.1. The SMILES string of the molecule is C=C(C)[C@H]1CC[C@]2(C)CC(=O)[C@H](C)CC[C@H]12. The Morgan fingerprint density at radius 2 is 2.06 bits per heavy atom. The summed E-state index contributed by atoms with van der Waals surface area (Å²) in [6.45, 7) is 10.7. The molecule has 0 aromatic rings. The minimum atomic E-state index is 0.269. The first-order valence-corrected chi connectivity index (χ1v) is 6.62. The van der Waals surface area contributed by atoms with E-state index in [1.807, 2.05) is 0 Å². The molecule has 2 aliphatic carbocycles. The zero-order valence-corrected chi connectivity index (χ0v) is 10.9. The number of allylic oxidation sites excluding steroid dienone is 1. The third kappa shape index (κ3) is 1.85. The fourth-order valence-electron chi connectivity index (χ4n) is 3.88. The maximum absolute atomic E-state index is 12.0. The number of carbonyl (C=O) groups is 1. The van der Waals surface area contributed by atoms with Crippen molar-refractivity contribution in [2.75, 3.05) is 0 Å². The second-order valence-corrected chi connectivity index (χ2v) is 6.37. The van der Waals surface area contributed by atoms with E-state index in [-0.39, 0.29) is 11.3 Å². The first-order chi connectivity index (χ1) is 7.44. The zero-order chi connectivity index (χ0) is 11.9. The van der Waals surface area contributed by atoms with E-state index >= 15 is 0 Å². The first kappa shape index (κ1) is 11.9. The van der Waals surface area contributed by atoms with E-state index in [1.54, 1.807) is 0 Å². The Kier molecular flexibility index (Phi) is 2.98. The van der Waals surface area contributed by atoms with Crippen molar-refractivity contribution in [3.63, 3.8) is 0 Å². The Labute approximate surface area is 99.3 Å². The van der Waals surface area contributed by atoms with Crippen LogP contribution in [0.5, 0.6) is 0 Å². The summed E-state index contributed by atoms with van der Waals surface area (Å²) in [4.78, 5) is 12.0. The van der Waals surface area contributed by atoms with Crippen LogP contribution in [0.4, 0.5) is 0 Å². The van der Waals surface area contributed by atoms with Gasteiger partial charge in [-0.1, -0.05) is 26.0 Å². The molecule has 0 saturated heterocycles. The molecule has 0 aliphatic heterocycles. The van der Waals surface area contributed by atoms with E-state index in [1.165, 1.54) is 24.8 Å². The topological polar surface area (TPSA) is 17.1 Å². The fourth-order valence-corrected chi connectivity index (χ4v) is 3.88. The molecular formula is C15H24O. The van der Waals surface area contributed by atoms with Crippen LogP contribution < -0.4 is 0 Å². The number of rotatable bonds is 1. The van der Waals surface area contributed by atoms with Crippen LogP contribution >= 0.6 is 0 Å². The molecule has 1 heteroatoms. The molecule has 2 saturated carbocycles. The Morgan fingerprint density at radius 3 is 2.69 bits per heavy atom. The van der Waals surface area contributed by atoms with Gasteiger partial charge in [-0.05, 0) is 49.9 Å². The molecule has 0 radical (unpaired) electrons. The number of Topliss-reactive ketones (excluding diaryl/α,β-unsaturated/α-hetero) is 1. The third-order valence-electron chi connectivity index (χ3n) is 5.08. The van der Waals surface area contributed by atoms with Gasteiger partial charge in [-0.15, -0.1) is 0 Å². The van der Waals surface area contributed by atoms with Crippen molar-refractivity contribution in [1.29, 1.82) is 0 Å². The molecule has 0 unspecified atom stereocenters. The van der Waals surface area contributed by atoms with Crippen molar-refractivity contribution < 1.29 is 4.79 Å². The Bertz CT molecular complexity index is 317. The predicted molar refractivity (Wildman–Crippen MR) is 67.2 cm³/mol. The lowest BCUT2D eigenvalue weighted by Crippen LogP contribution is -2.26. The molecule has 0 aromatic carbocycles. The Morgan fingerprint density at radius 1 is 1.38 bits per heavy atom. The van der Waals surface area contributed by atoms with E-state index in [2.05, 4.69) is 27.4 Å². The molecule has 0 amide bonds. The van der Waals surface area contributed by atoms with Crippen LogP contribution in [0.2, 0.25) is 0 Å². The van der Waals surface area contributed by atoms with Gasteiger partial charge in [-0.2, -0.15) is 0 Å². The molecule has 2 fully saturated rings. The summed E-state index contributed by atoms with van der Waals surface area (Å²) >= 11 is 0. The Balaban J connectivity index is 2.24. The van der Waals surface area contributed by atoms with Crippen molar-refractivity contribution in [1.82, 2.24) is 0 Å². The van der Waals surface area contributed by atoms with Crippen LogP contribution in [0.1, 0.15) is 52.9 Å². The van der Waals surface area contributed by atoms with Gasteiger partial charge in [-0.25, -0.2) is 0 Å². The van der Waals surface area contributed by atoms with Gasteiger partial charge in [0, 0.05) is 12.3 Å². The first-order valence-electron chi connectivity index (χ1n) is 6.62. The quantitative estimate of drug-likeness (QED) is 0.611. The Hall–Kier alpha value is -0.590. The van der Waals surface area contributed by atoms with Gasteiger partial charge < -0.3 is 0 Å². The minimum Gasteiger partial charge on any atom is -0.299 e. The van der Waals surface area contributed by atoms with Crippen LogP contribution in [0.3, 0.4) is 0 Å². The smallest absolute Gasteiger partial charge is 0.136 e. The normalized spacial score (nSPS) is 43.9. The van der Waals surface area contributed by atoms with Crippen LogP contribution in [0.25, 0.3) is 0 Å². The van der Waals surface area contributed by atoms with Crippen molar-refractivity contribution in [3.8, 4) is 0 Å². The lowest BCUT2D eigenvalue weighted by molar-refractivity contribution is -0.124. The van der Waals surface area contributed by atoms with Gasteiger partial charge in [-0.3, -0.25) is 4.79 Å². The van der Waals surface area contributed by atoms with Crippen molar-refractivity contribution >= 4 is 5.78 Å². The molecule has 4 atom stereocenters. The van der Waals surface area contributed by atoms with E-state index < -0.39 is 0 Å². The van der Waals surface area contributed by atoms with Gasteiger partial charge in [0.2, 0.25) is 0 Å². The fraction of sp³-hybridized carbons (Fsp3) is 0.800. The second-order valence-electron chi connectivity index (χ2n) is 6.37. The highest BCUT2D eigenvalue weighted by molar-refractivity contribution is 5.81. The maximum atomic E-state index is 12.0. The minimum absolute atomic E-state index is 0.269. The van der Waals surface area contributed by atoms with E-state index in [9.17, 15) is 4.79 Å². The number of hydrogen-bond acceptors (Lipinski definition) is 1. The van der Waals surface area contributed by atoms with E-state index in [4.69, 9.17) is 0 Å². The van der Waals surface area contributed by atoms with Crippen LogP contribution in [0, 0.1) is 23.2 Å². The van der Waals surface area contributed by atoms with Crippen LogP contribution in [-0.4, -0.2) is 5.78 Å². The average Bonchev–Trinajstić information content (AvgIpc) is 2.46. The van der Waals surface area contributed by atoms with Crippen molar-refractivity contribution in [2.45, 2.75) is 52.9 Å². The van der Waals surface area contributed by atoms with Gasteiger partial charge >= 0.3 is 0 Å². The summed E-state index contributed by atoms with van der Waals surface area (Å²) in [5, 5.41) is 0. The van der Waals surface area contributed by atoms with Gasteiger partial charge in [0.15, 0.2) is 0 Å². The molecule has 90 valence electrons. The third-order valence-corrected chi connectivity index (χ3v) is 5.08. The zero-order valence-electron chi connectivity index (χ0n) is 10.9. The molecule has 2 rings (SSSR count). The van der Waals surface area contributed by atoms with E-state index in [0.29, 0.717) is 17.6 Å². The standard InChI is InChI=1S/C15H24O/c1-10(2)12-7-8-15(4)9-14(16)11(3)5-6-13(12)15/h11-13H,1,5-9H2,2-4H3/t11-,12-,13-,15-/m1/s1. The molecule has 0 N–H and O–H groups in total. The maximum Gasteiger partial charge on any atom is 0.136 e. The largest absolute Gasteiger partial charge is 0.299 e. The number of hydrogen-bond donors (Lipinski definition) is 0. The summed E-state index contributed by atoms with van der Waals surface area (Å²) in [5.41, 5.74) is 1.60. The second kappa shape index (κ2) is 4.01. The monoisotopic (exact) mass is 220 g/mol. The lowest BCUT2D eigenvalue weighted by Gasteiger charge is -2.32. The average molecular weight is 220 g/mol. The number of carbonyl (C=O) groups excluding carboxylic acids is 1. The molecule has 0 bridgehead atoms. The molecule has 16 heavy (non-hydrogen) atoms. The summed E-state index contributed by atoms with van der Waals surface area (Å²) in [5.74, 6) is 2.16. The van der Waals surface area contributed by atoms with Crippen LogP contribution in [0.15, 0.2) is 12.2 Å². The van der Waals surface area contributed by atoms with Crippen LogP contribution in [-0.2, 0) is 4.79 Å². The van der Waals surface area contributed by atoms with Gasteiger partial charge in [0.05, 0.1) is 0 Å². The van der Waals surface area contributed by atoms with Gasteiger partial charge in [0.25, 0.3) is 0 Å². The molecule has 2 aliphatic rings. The van der Waals surface area contributed by atoms with Gasteiger partial charge in [0.1, 0.15) is 5.78 Å². The molecule has 0 heterocycles. The number of fused-ring (bicyclic) bond motifs is 1. The predicted octanol–water partition coefficient (Wildman–Crippen LogP) is 3.98. The number of ketones is 1. The van der Waals surface area contributed by atoms with Crippen molar-refractivity contribution in [3.05, 3.63) is 12.2 Å². The molecule has 0 aromatic heterocycles. The summed E-state index contributed by atoms with van der Waals surface area (Å²) in [6.07, 6.45) is 5.58. The summed E-state index contributed by atoms with van der Waals surface area (Å²) in [6, 6.07) is 0. The summed E-state index contributed by atoms with van der Waals surface area (Å²) in [7, 11) is 0. The van der Waals surface area contributed by atoms with Crippen molar-refractivity contribution in [2.24, 2.45) is 23.2 Å². The molecular weight excluding hydrogens is 196 g/mol. The van der Waals surface area contributed by atoms with E-state index in [0.717, 1.165) is 12.8 Å². The summed E-state index contributed by atoms with van der Waals surface area (Å²) < 4.78 is 0. The highest BCUT2D eigenvalue weighted by Crippen LogP contribution is 2.55. The molecule has 1 nitrogen and oxygen atoms in total. The highest BCUT2D eigenvalue weighted by Gasteiger charge is 2.47. The lowest BCUT2D eigenvalue weighted by atomic mass is 9.72. The molecule has 0 spiro atoms.